The van der Waals surface area contributed by atoms with Gasteiger partial charge in [-0.2, -0.15) is 0 Å². The summed E-state index contributed by atoms with van der Waals surface area (Å²) in [6.07, 6.45) is 2.17. The van der Waals surface area contributed by atoms with Crippen LogP contribution in [0.25, 0.3) is 0 Å². The maximum atomic E-state index is 13.2. The van der Waals surface area contributed by atoms with E-state index in [9.17, 15) is 19.2 Å². The van der Waals surface area contributed by atoms with Crippen LogP contribution in [0.15, 0.2) is 0 Å². The minimum absolute atomic E-state index is 0.0600. The van der Waals surface area contributed by atoms with E-state index in [1.54, 1.807) is 27.9 Å². The van der Waals surface area contributed by atoms with Gasteiger partial charge >= 0.3 is 0 Å². The number of Topliss-reactive ketones (excluding diaryl/α,β-unsaturated/α-hetero) is 1. The maximum absolute atomic E-state index is 13.2. The summed E-state index contributed by atoms with van der Waals surface area (Å²) in [6.45, 7) is 18.9. The fraction of sp³-hybridized carbons (Fsp3) is 0.871. The zero-order valence-electron chi connectivity index (χ0n) is 27.7. The van der Waals surface area contributed by atoms with Crippen molar-refractivity contribution in [2.24, 2.45) is 16.7 Å². The molecule has 0 rings (SSSR count). The Labute approximate surface area is 253 Å². The first-order valence-corrected chi connectivity index (χ1v) is 15.2. The first kappa shape index (κ1) is 39.9. The number of carbonyl (C=O) groups is 4. The summed E-state index contributed by atoms with van der Waals surface area (Å²) in [5.41, 5.74) is -0.589. The topological polar surface area (TPSA) is 141 Å². The van der Waals surface area contributed by atoms with Gasteiger partial charge in [0.05, 0.1) is 52.3 Å². The number of ether oxygens (including phenoxy) is 4. The van der Waals surface area contributed by atoms with E-state index in [0.29, 0.717) is 59.2 Å². The number of ketones is 1. The van der Waals surface area contributed by atoms with Crippen molar-refractivity contribution in [3.8, 4) is 0 Å². The summed E-state index contributed by atoms with van der Waals surface area (Å²) < 4.78 is 21.1. The van der Waals surface area contributed by atoms with E-state index >= 15 is 0 Å². The van der Waals surface area contributed by atoms with Crippen LogP contribution in [0.3, 0.4) is 0 Å². The van der Waals surface area contributed by atoms with Gasteiger partial charge in [0, 0.05) is 31.9 Å². The van der Waals surface area contributed by atoms with E-state index < -0.39 is 23.4 Å². The third kappa shape index (κ3) is 20.7. The summed E-state index contributed by atoms with van der Waals surface area (Å²) in [5, 5.41) is 8.44. The Morgan fingerprint density at radius 2 is 1.26 bits per heavy atom. The van der Waals surface area contributed by atoms with E-state index in [1.807, 2.05) is 13.8 Å². The third-order valence-corrected chi connectivity index (χ3v) is 6.37. The van der Waals surface area contributed by atoms with E-state index in [-0.39, 0.29) is 41.8 Å². The van der Waals surface area contributed by atoms with Crippen molar-refractivity contribution in [2.45, 2.75) is 99.6 Å². The van der Waals surface area contributed by atoms with Crippen molar-refractivity contribution in [3.63, 3.8) is 0 Å². The van der Waals surface area contributed by atoms with Crippen LogP contribution in [0, 0.1) is 16.7 Å². The second-order valence-corrected chi connectivity index (χ2v) is 13.1. The summed E-state index contributed by atoms with van der Waals surface area (Å²) >= 11 is 0. The molecule has 0 aliphatic carbocycles. The molecule has 11 heteroatoms. The molecule has 0 aromatic rings. The van der Waals surface area contributed by atoms with Gasteiger partial charge in [0.2, 0.25) is 17.7 Å². The van der Waals surface area contributed by atoms with Crippen molar-refractivity contribution in [1.29, 1.82) is 0 Å². The SMILES string of the molecule is COCCOCCOCCOCCNC(=O)CC[C@H](NC(=O)[C@@H](NC(=O)CCCC(C)(C)C)C(C)C)C(=O)C(C)(C)C. The lowest BCUT2D eigenvalue weighted by Crippen LogP contribution is -2.55. The normalized spacial score (nSPS) is 13.5. The van der Waals surface area contributed by atoms with Crippen molar-refractivity contribution >= 4 is 23.5 Å². The van der Waals surface area contributed by atoms with Crippen LogP contribution in [0.5, 0.6) is 0 Å². The zero-order chi connectivity index (χ0) is 32.2. The van der Waals surface area contributed by atoms with Gasteiger partial charge in [-0.3, -0.25) is 19.2 Å². The molecule has 0 unspecified atom stereocenters. The van der Waals surface area contributed by atoms with Crippen LogP contribution in [0.2, 0.25) is 0 Å². The van der Waals surface area contributed by atoms with E-state index in [2.05, 4.69) is 36.7 Å². The molecule has 0 aliphatic rings. The number of amides is 3. The highest BCUT2D eigenvalue weighted by molar-refractivity contribution is 5.95. The molecule has 0 aromatic carbocycles. The number of nitrogens with one attached hydrogen (secondary N) is 3. The van der Waals surface area contributed by atoms with Crippen LogP contribution < -0.4 is 16.0 Å². The van der Waals surface area contributed by atoms with Gasteiger partial charge in [-0.25, -0.2) is 0 Å². The molecule has 11 nitrogen and oxygen atoms in total. The summed E-state index contributed by atoms with van der Waals surface area (Å²) in [7, 11) is 1.62. The molecule has 0 aliphatic heterocycles. The molecule has 246 valence electrons. The first-order valence-electron chi connectivity index (χ1n) is 15.2. The Kier molecular flexibility index (Phi) is 20.5. The summed E-state index contributed by atoms with van der Waals surface area (Å²) in [6, 6.07) is -1.63. The predicted molar refractivity (Wildman–Crippen MR) is 163 cm³/mol. The number of rotatable bonds is 23. The Morgan fingerprint density at radius 3 is 1.76 bits per heavy atom. The lowest BCUT2D eigenvalue weighted by atomic mass is 9.84. The lowest BCUT2D eigenvalue weighted by Gasteiger charge is -2.28. The van der Waals surface area contributed by atoms with Crippen LogP contribution in [0.4, 0.5) is 0 Å². The van der Waals surface area contributed by atoms with Crippen LogP contribution in [-0.2, 0) is 38.1 Å². The predicted octanol–water partition coefficient (Wildman–Crippen LogP) is 3.04. The van der Waals surface area contributed by atoms with Gasteiger partial charge < -0.3 is 34.9 Å². The molecular formula is C31H59N3O8. The highest BCUT2D eigenvalue weighted by Crippen LogP contribution is 2.22. The molecule has 0 saturated carbocycles. The highest BCUT2D eigenvalue weighted by atomic mass is 16.6. The van der Waals surface area contributed by atoms with Gasteiger partial charge in [-0.1, -0.05) is 55.4 Å². The molecule has 0 saturated heterocycles. The van der Waals surface area contributed by atoms with Gasteiger partial charge in [0.25, 0.3) is 0 Å². The zero-order valence-corrected chi connectivity index (χ0v) is 27.7. The Bertz CT molecular complexity index is 790. The average Bonchev–Trinajstić information content (AvgIpc) is 2.88. The lowest BCUT2D eigenvalue weighted by molar-refractivity contribution is -0.135. The average molecular weight is 602 g/mol. The van der Waals surface area contributed by atoms with Crippen molar-refractivity contribution < 1.29 is 38.1 Å². The fourth-order valence-corrected chi connectivity index (χ4v) is 3.92. The van der Waals surface area contributed by atoms with Crippen LogP contribution >= 0.6 is 0 Å². The van der Waals surface area contributed by atoms with Crippen molar-refractivity contribution in [3.05, 3.63) is 0 Å². The van der Waals surface area contributed by atoms with E-state index in [1.165, 1.54) is 0 Å². The molecule has 0 radical (unpaired) electrons. The second-order valence-electron chi connectivity index (χ2n) is 13.1. The second kappa shape index (κ2) is 21.6. The van der Waals surface area contributed by atoms with E-state index in [4.69, 9.17) is 18.9 Å². The summed E-state index contributed by atoms with van der Waals surface area (Å²) in [5.74, 6) is -1.20. The molecule has 0 fully saturated rings. The molecule has 42 heavy (non-hydrogen) atoms. The number of hydrogen-bond donors (Lipinski definition) is 3. The highest BCUT2D eigenvalue weighted by Gasteiger charge is 2.33. The fourth-order valence-electron chi connectivity index (χ4n) is 3.92. The quantitative estimate of drug-likeness (QED) is 0.152. The monoisotopic (exact) mass is 601 g/mol. The van der Waals surface area contributed by atoms with Crippen LogP contribution in [-0.4, -0.2) is 95.5 Å². The van der Waals surface area contributed by atoms with Crippen LogP contribution in [0.1, 0.15) is 87.5 Å². The molecule has 3 N–H and O–H groups in total. The molecule has 0 aromatic heterocycles. The molecule has 0 bridgehead atoms. The molecule has 0 heterocycles. The van der Waals surface area contributed by atoms with Gasteiger partial charge in [-0.05, 0) is 30.6 Å². The number of carbonyl (C=O) groups excluding carboxylic acids is 4. The molecule has 0 spiro atoms. The van der Waals surface area contributed by atoms with Crippen molar-refractivity contribution in [2.75, 3.05) is 59.9 Å². The minimum Gasteiger partial charge on any atom is -0.382 e. The smallest absolute Gasteiger partial charge is 0.243 e. The third-order valence-electron chi connectivity index (χ3n) is 6.37. The van der Waals surface area contributed by atoms with Gasteiger partial charge in [-0.15, -0.1) is 0 Å². The Hall–Kier alpha value is -2.08. The first-order chi connectivity index (χ1) is 19.6. The molecule has 2 atom stereocenters. The van der Waals surface area contributed by atoms with Gasteiger partial charge in [0.1, 0.15) is 6.04 Å². The maximum Gasteiger partial charge on any atom is 0.243 e. The Balaban J connectivity index is 4.67. The number of hydrogen-bond acceptors (Lipinski definition) is 8. The van der Waals surface area contributed by atoms with Gasteiger partial charge in [0.15, 0.2) is 5.78 Å². The largest absolute Gasteiger partial charge is 0.382 e. The molecule has 3 amide bonds. The minimum atomic E-state index is -0.853. The van der Waals surface area contributed by atoms with Crippen molar-refractivity contribution in [1.82, 2.24) is 16.0 Å². The summed E-state index contributed by atoms with van der Waals surface area (Å²) in [4.78, 5) is 51.4. The molecular weight excluding hydrogens is 542 g/mol. The standard InChI is InChI=1S/C31H59N3O8/c1-23(2)27(34-26(36)11-10-14-30(3,4)5)29(38)33-24(28(37)31(6,7)8)12-13-25(35)32-15-16-40-19-20-42-22-21-41-18-17-39-9/h23-24,27H,10-22H2,1-9H3,(H,32,35)(H,33,38)(H,34,36)/t24-,27-/m0/s1. The Morgan fingerprint density at radius 1 is 0.714 bits per heavy atom. The van der Waals surface area contributed by atoms with E-state index in [0.717, 1.165) is 12.8 Å². The number of methoxy groups -OCH3 is 1.